The fourth-order valence-electron chi connectivity index (χ4n) is 5.35. The third kappa shape index (κ3) is 6.23. The number of carbonyl (C=O) groups excluding carboxylic acids is 1. The molecule has 1 aromatic rings. The molecule has 3 aliphatic rings. The minimum atomic E-state index is -4.57. The summed E-state index contributed by atoms with van der Waals surface area (Å²) in [6.07, 6.45) is -5.60. The van der Waals surface area contributed by atoms with Gasteiger partial charge in [0.15, 0.2) is 6.10 Å². The van der Waals surface area contributed by atoms with Crippen LogP contribution < -0.4 is 4.90 Å². The highest BCUT2D eigenvalue weighted by atomic mass is 19.4. The van der Waals surface area contributed by atoms with E-state index in [1.165, 1.54) is 21.7 Å². The number of piperidine rings is 1. The Kier molecular flexibility index (Phi) is 7.70. The van der Waals surface area contributed by atoms with Gasteiger partial charge in [-0.3, -0.25) is 14.6 Å². The molecular formula is C25H35F3N4O4. The number of likely N-dealkylation sites (tertiary alicyclic amines) is 1. The van der Waals surface area contributed by atoms with Crippen LogP contribution in [0.3, 0.4) is 0 Å². The summed E-state index contributed by atoms with van der Waals surface area (Å²) in [4.78, 5) is 31.1. The molecule has 3 heterocycles. The molecule has 8 nitrogen and oxygen atoms in total. The van der Waals surface area contributed by atoms with Crippen molar-refractivity contribution in [2.45, 2.75) is 45.5 Å². The van der Waals surface area contributed by atoms with Crippen LogP contribution in [0.25, 0.3) is 0 Å². The van der Waals surface area contributed by atoms with E-state index in [2.05, 4.69) is 39.7 Å². The maximum absolute atomic E-state index is 12.7. The first-order valence-electron chi connectivity index (χ1n) is 12.5. The summed E-state index contributed by atoms with van der Waals surface area (Å²) in [5.74, 6) is -0.779. The van der Waals surface area contributed by atoms with Gasteiger partial charge >= 0.3 is 18.2 Å². The first kappa shape index (κ1) is 26.5. The number of rotatable bonds is 6. The molecule has 200 valence electrons. The van der Waals surface area contributed by atoms with Gasteiger partial charge in [0.2, 0.25) is 0 Å². The van der Waals surface area contributed by atoms with Crippen LogP contribution >= 0.6 is 0 Å². The standard InChI is InChI=1S/C25H35F3N4O4/c1-18-3-4-20(14-30-9-11-31(12-10-30)23(35)36-19(2)25(26,27)28)21(13-18)32-16-24(17-32)5-7-29(8-6-24)15-22(33)34/h3-4,13,19H,5-12,14-17H2,1-2H3,(H,33,34). The van der Waals surface area contributed by atoms with Gasteiger partial charge in [-0.2, -0.15) is 13.2 Å². The summed E-state index contributed by atoms with van der Waals surface area (Å²) in [6.45, 7) is 9.04. The molecule has 0 bridgehead atoms. The second-order valence-corrected chi connectivity index (χ2v) is 10.5. The number of piperazine rings is 1. The Hall–Kier alpha value is -2.53. The smallest absolute Gasteiger partial charge is 0.425 e. The van der Waals surface area contributed by atoms with Crippen molar-refractivity contribution < 1.29 is 32.6 Å². The first-order valence-corrected chi connectivity index (χ1v) is 12.5. The monoisotopic (exact) mass is 512 g/mol. The summed E-state index contributed by atoms with van der Waals surface area (Å²) < 4.78 is 42.7. The molecule has 1 spiro atoms. The van der Waals surface area contributed by atoms with E-state index < -0.39 is 24.3 Å². The summed E-state index contributed by atoms with van der Waals surface area (Å²) in [6, 6.07) is 6.43. The van der Waals surface area contributed by atoms with Crippen molar-refractivity contribution in [1.82, 2.24) is 14.7 Å². The van der Waals surface area contributed by atoms with Crippen LogP contribution in [-0.2, 0) is 16.1 Å². The number of aryl methyl sites for hydroxylation is 1. The molecular weight excluding hydrogens is 477 g/mol. The van der Waals surface area contributed by atoms with Gasteiger partial charge in [0.1, 0.15) is 0 Å². The number of carbonyl (C=O) groups is 2. The topological polar surface area (TPSA) is 76.6 Å². The van der Waals surface area contributed by atoms with E-state index in [0.717, 1.165) is 45.9 Å². The highest BCUT2D eigenvalue weighted by Gasteiger charge is 2.45. The van der Waals surface area contributed by atoms with E-state index in [0.29, 0.717) is 32.7 Å². The number of carboxylic acid groups (broad SMARTS) is 1. The van der Waals surface area contributed by atoms with Crippen LogP contribution in [0.5, 0.6) is 0 Å². The zero-order valence-electron chi connectivity index (χ0n) is 20.9. The molecule has 3 fully saturated rings. The highest BCUT2D eigenvalue weighted by molar-refractivity contribution is 5.69. The number of alkyl halides is 3. The minimum absolute atomic E-state index is 0.105. The van der Waals surface area contributed by atoms with E-state index >= 15 is 0 Å². The normalized spacial score (nSPS) is 21.8. The first-order chi connectivity index (χ1) is 16.9. The number of halogens is 3. The third-order valence-electron chi connectivity index (χ3n) is 7.67. The SMILES string of the molecule is Cc1ccc(CN2CCN(C(=O)OC(C)C(F)(F)F)CC2)c(N2CC3(CCN(CC(=O)O)CC3)C2)c1. The van der Waals surface area contributed by atoms with Gasteiger partial charge in [-0.1, -0.05) is 12.1 Å². The number of aliphatic carboxylic acids is 1. The molecule has 1 amide bonds. The zero-order chi connectivity index (χ0) is 26.1. The minimum Gasteiger partial charge on any atom is -0.480 e. The Morgan fingerprint density at radius 1 is 1.06 bits per heavy atom. The van der Waals surface area contributed by atoms with Crippen LogP contribution in [0.4, 0.5) is 23.7 Å². The summed E-state index contributed by atoms with van der Waals surface area (Å²) >= 11 is 0. The lowest BCUT2D eigenvalue weighted by Crippen LogP contribution is -2.61. The maximum atomic E-state index is 12.7. The van der Waals surface area contributed by atoms with E-state index in [1.54, 1.807) is 0 Å². The highest BCUT2D eigenvalue weighted by Crippen LogP contribution is 2.43. The average Bonchev–Trinajstić information content (AvgIpc) is 2.79. The van der Waals surface area contributed by atoms with Crippen molar-refractivity contribution in [3.63, 3.8) is 0 Å². The van der Waals surface area contributed by atoms with Gasteiger partial charge in [0.05, 0.1) is 6.54 Å². The van der Waals surface area contributed by atoms with E-state index in [-0.39, 0.29) is 12.0 Å². The molecule has 36 heavy (non-hydrogen) atoms. The van der Waals surface area contributed by atoms with Gasteiger partial charge in [-0.25, -0.2) is 4.79 Å². The van der Waals surface area contributed by atoms with Crippen LogP contribution in [-0.4, -0.2) is 103 Å². The van der Waals surface area contributed by atoms with Crippen molar-refractivity contribution >= 4 is 17.7 Å². The quantitative estimate of drug-likeness (QED) is 0.628. The second-order valence-electron chi connectivity index (χ2n) is 10.5. The van der Waals surface area contributed by atoms with Crippen molar-refractivity contribution in [2.24, 2.45) is 5.41 Å². The molecule has 4 rings (SSSR count). The molecule has 1 atom stereocenters. The molecule has 1 aromatic carbocycles. The number of benzene rings is 1. The summed E-state index contributed by atoms with van der Waals surface area (Å²) in [5.41, 5.74) is 3.82. The van der Waals surface area contributed by atoms with Gasteiger partial charge in [0, 0.05) is 56.9 Å². The van der Waals surface area contributed by atoms with Crippen LogP contribution in [0, 0.1) is 12.3 Å². The molecule has 0 saturated carbocycles. The number of hydrogen-bond acceptors (Lipinski definition) is 6. The fraction of sp³-hybridized carbons (Fsp3) is 0.680. The maximum Gasteiger partial charge on any atom is 0.425 e. The van der Waals surface area contributed by atoms with E-state index in [1.807, 2.05) is 4.90 Å². The lowest BCUT2D eigenvalue weighted by atomic mass is 9.71. The van der Waals surface area contributed by atoms with Crippen molar-refractivity contribution in [3.8, 4) is 0 Å². The van der Waals surface area contributed by atoms with Crippen molar-refractivity contribution in [1.29, 1.82) is 0 Å². The Morgan fingerprint density at radius 3 is 2.28 bits per heavy atom. The molecule has 3 aliphatic heterocycles. The zero-order valence-corrected chi connectivity index (χ0v) is 20.9. The van der Waals surface area contributed by atoms with Gasteiger partial charge in [-0.15, -0.1) is 0 Å². The van der Waals surface area contributed by atoms with Crippen molar-refractivity contribution in [3.05, 3.63) is 29.3 Å². The predicted octanol–water partition coefficient (Wildman–Crippen LogP) is 3.19. The van der Waals surface area contributed by atoms with E-state index in [4.69, 9.17) is 5.11 Å². The number of ether oxygens (including phenoxy) is 1. The Balaban J connectivity index is 1.30. The van der Waals surface area contributed by atoms with Crippen LogP contribution in [0.2, 0.25) is 0 Å². The second kappa shape index (κ2) is 10.5. The summed E-state index contributed by atoms with van der Waals surface area (Å²) in [5, 5.41) is 9.03. The predicted molar refractivity (Wildman–Crippen MR) is 128 cm³/mol. The molecule has 0 aliphatic carbocycles. The number of nitrogens with zero attached hydrogens (tertiary/aromatic N) is 4. The van der Waals surface area contributed by atoms with Gasteiger partial charge < -0.3 is 19.6 Å². The molecule has 0 aromatic heterocycles. The third-order valence-corrected chi connectivity index (χ3v) is 7.67. The van der Waals surface area contributed by atoms with Crippen LogP contribution in [0.1, 0.15) is 30.9 Å². The largest absolute Gasteiger partial charge is 0.480 e. The Bertz CT molecular complexity index is 949. The molecule has 1 unspecified atom stereocenters. The Morgan fingerprint density at radius 2 is 1.69 bits per heavy atom. The number of carboxylic acids is 1. The van der Waals surface area contributed by atoms with Crippen molar-refractivity contribution in [2.75, 3.05) is 63.8 Å². The molecule has 0 radical (unpaired) electrons. The lowest BCUT2D eigenvalue weighted by Gasteiger charge is -2.55. The Labute approximate surface area is 209 Å². The fourth-order valence-corrected chi connectivity index (χ4v) is 5.35. The van der Waals surface area contributed by atoms with E-state index in [9.17, 15) is 22.8 Å². The molecule has 1 N–H and O–H groups in total. The van der Waals surface area contributed by atoms with Gasteiger partial charge in [-0.05, 0) is 57.0 Å². The number of hydrogen-bond donors (Lipinski definition) is 1. The average molecular weight is 513 g/mol. The number of amides is 1. The van der Waals surface area contributed by atoms with Gasteiger partial charge in [0.25, 0.3) is 0 Å². The molecule has 3 saturated heterocycles. The molecule has 11 heteroatoms. The van der Waals surface area contributed by atoms with Crippen LogP contribution in [0.15, 0.2) is 18.2 Å². The number of anilines is 1. The lowest BCUT2D eigenvalue weighted by molar-refractivity contribution is -0.200. The summed E-state index contributed by atoms with van der Waals surface area (Å²) in [7, 11) is 0.